The van der Waals surface area contributed by atoms with Crippen LogP contribution >= 0.6 is 0 Å². The van der Waals surface area contributed by atoms with Crippen molar-refractivity contribution in [2.75, 3.05) is 33.4 Å². The van der Waals surface area contributed by atoms with Gasteiger partial charge in [0.2, 0.25) is 0 Å². The van der Waals surface area contributed by atoms with Crippen LogP contribution in [0.3, 0.4) is 0 Å². The van der Waals surface area contributed by atoms with E-state index < -0.39 is 23.5 Å². The molecule has 2 aliphatic rings. The molecule has 5 rings (SSSR count). The van der Waals surface area contributed by atoms with Gasteiger partial charge in [-0.1, -0.05) is 36.4 Å². The summed E-state index contributed by atoms with van der Waals surface area (Å²) in [6, 6.07) is 13.5. The van der Waals surface area contributed by atoms with Crippen molar-refractivity contribution in [1.29, 1.82) is 0 Å². The summed E-state index contributed by atoms with van der Waals surface area (Å²) in [5.41, 5.74) is 2.77. The SMILES string of the molecule is COc1c(C(=O)O)ccc2c1CCCC(c1ccc(F)cc1C(F)(F)F)=C2c1ccc(CC2CN(CCCF)C2)cc1. The standard InChI is InChI=1S/C33H32F5NO3/c1-42-31-27-5-2-4-25(24-11-10-23(35)17-29(24)33(36,37)38)30(26(27)12-13-28(31)32(40)41)22-8-6-20(7-9-22)16-21-18-39(19-21)15-3-14-34/h6-13,17,21H,2-5,14-16,18-19H2,1H3,(H,40,41). The Balaban J connectivity index is 1.62. The molecule has 3 aromatic carbocycles. The van der Waals surface area contributed by atoms with Crippen molar-refractivity contribution in [2.45, 2.75) is 38.3 Å². The number of nitrogens with zero attached hydrogens (tertiary/aromatic N) is 1. The van der Waals surface area contributed by atoms with E-state index in [4.69, 9.17) is 4.74 Å². The van der Waals surface area contributed by atoms with Gasteiger partial charge in [-0.2, -0.15) is 13.2 Å². The smallest absolute Gasteiger partial charge is 0.417 e. The molecule has 9 heteroatoms. The first kappa shape index (κ1) is 29.8. The summed E-state index contributed by atoms with van der Waals surface area (Å²) in [6.45, 7) is 2.23. The number of carbonyl (C=O) groups is 1. The highest BCUT2D eigenvalue weighted by Crippen LogP contribution is 2.46. The third kappa shape index (κ3) is 6.07. The van der Waals surface area contributed by atoms with Gasteiger partial charge in [-0.25, -0.2) is 9.18 Å². The van der Waals surface area contributed by atoms with E-state index in [0.717, 1.165) is 37.7 Å². The van der Waals surface area contributed by atoms with Crippen molar-refractivity contribution in [2.24, 2.45) is 5.92 Å². The molecule has 0 spiro atoms. The van der Waals surface area contributed by atoms with Crippen molar-refractivity contribution in [3.8, 4) is 5.75 Å². The number of hydrogen-bond donors (Lipinski definition) is 1. The average molecular weight is 586 g/mol. The summed E-state index contributed by atoms with van der Waals surface area (Å²) in [6.07, 6.45) is -2.31. The first-order valence-corrected chi connectivity index (χ1v) is 14.0. The highest BCUT2D eigenvalue weighted by molar-refractivity contribution is 6.02. The van der Waals surface area contributed by atoms with Crippen LogP contribution in [0.2, 0.25) is 0 Å². The number of halogens is 5. The predicted octanol–water partition coefficient (Wildman–Crippen LogP) is 7.68. The van der Waals surface area contributed by atoms with Crippen molar-refractivity contribution < 1.29 is 36.6 Å². The Morgan fingerprint density at radius 1 is 1.02 bits per heavy atom. The topological polar surface area (TPSA) is 49.8 Å². The molecule has 1 aliphatic carbocycles. The van der Waals surface area contributed by atoms with E-state index in [-0.39, 0.29) is 30.0 Å². The van der Waals surface area contributed by atoms with Crippen LogP contribution in [0.5, 0.6) is 5.75 Å². The van der Waals surface area contributed by atoms with Crippen LogP contribution in [0.15, 0.2) is 54.6 Å². The van der Waals surface area contributed by atoms with Crippen molar-refractivity contribution in [1.82, 2.24) is 4.90 Å². The van der Waals surface area contributed by atoms with E-state index in [1.54, 1.807) is 6.07 Å². The maximum Gasteiger partial charge on any atom is 0.417 e. The summed E-state index contributed by atoms with van der Waals surface area (Å²) in [5, 5.41) is 9.75. The second-order valence-electron chi connectivity index (χ2n) is 10.9. The highest BCUT2D eigenvalue weighted by Gasteiger charge is 2.36. The second-order valence-corrected chi connectivity index (χ2v) is 10.9. The molecule has 0 amide bonds. The Morgan fingerprint density at radius 2 is 1.74 bits per heavy atom. The summed E-state index contributed by atoms with van der Waals surface area (Å²) in [4.78, 5) is 14.2. The Bertz CT molecular complexity index is 1490. The van der Waals surface area contributed by atoms with E-state index in [2.05, 4.69) is 4.90 Å². The van der Waals surface area contributed by atoms with Crippen LogP contribution in [-0.4, -0.2) is 49.4 Å². The Labute approximate surface area is 241 Å². The number of rotatable bonds is 9. The molecule has 0 aromatic heterocycles. The van der Waals surface area contributed by atoms with Gasteiger partial charge in [0.05, 0.1) is 19.3 Å². The number of fused-ring (bicyclic) bond motifs is 1. The first-order valence-electron chi connectivity index (χ1n) is 14.0. The number of benzene rings is 3. The predicted molar refractivity (Wildman–Crippen MR) is 151 cm³/mol. The van der Waals surface area contributed by atoms with Gasteiger partial charge in [0, 0.05) is 25.2 Å². The molecule has 0 atom stereocenters. The molecule has 1 aliphatic heterocycles. The molecular weight excluding hydrogens is 553 g/mol. The van der Waals surface area contributed by atoms with E-state index >= 15 is 0 Å². The van der Waals surface area contributed by atoms with E-state index in [0.29, 0.717) is 59.1 Å². The number of allylic oxidation sites excluding steroid dienone is 1. The minimum atomic E-state index is -4.78. The third-order valence-electron chi connectivity index (χ3n) is 8.14. The zero-order valence-corrected chi connectivity index (χ0v) is 23.2. The van der Waals surface area contributed by atoms with E-state index in [9.17, 15) is 31.9 Å². The van der Waals surface area contributed by atoms with Gasteiger partial charge in [-0.3, -0.25) is 4.39 Å². The van der Waals surface area contributed by atoms with Gasteiger partial charge in [-0.05, 0) is 89.6 Å². The van der Waals surface area contributed by atoms with Crippen molar-refractivity contribution >= 4 is 17.1 Å². The average Bonchev–Trinajstić information content (AvgIpc) is 3.13. The molecule has 0 unspecified atom stereocenters. The lowest BCUT2D eigenvalue weighted by Crippen LogP contribution is -2.47. The van der Waals surface area contributed by atoms with Crippen LogP contribution in [0.25, 0.3) is 11.1 Å². The van der Waals surface area contributed by atoms with Crippen LogP contribution < -0.4 is 4.74 Å². The summed E-state index contributed by atoms with van der Waals surface area (Å²) in [7, 11) is 1.38. The molecule has 0 radical (unpaired) electrons. The van der Waals surface area contributed by atoms with E-state index in [1.807, 2.05) is 24.3 Å². The lowest BCUT2D eigenvalue weighted by molar-refractivity contribution is -0.138. The fourth-order valence-electron chi connectivity index (χ4n) is 6.27. The van der Waals surface area contributed by atoms with Gasteiger partial charge in [0.25, 0.3) is 0 Å². The third-order valence-corrected chi connectivity index (χ3v) is 8.14. The molecule has 222 valence electrons. The number of likely N-dealkylation sites (tertiary alicyclic amines) is 1. The molecular formula is C33H32F5NO3. The molecule has 42 heavy (non-hydrogen) atoms. The number of alkyl halides is 4. The monoisotopic (exact) mass is 585 g/mol. The summed E-state index contributed by atoms with van der Waals surface area (Å²) in [5.74, 6) is -1.49. The maximum absolute atomic E-state index is 14.2. The molecule has 4 nitrogen and oxygen atoms in total. The molecule has 1 N–H and O–H groups in total. The largest absolute Gasteiger partial charge is 0.496 e. The highest BCUT2D eigenvalue weighted by atomic mass is 19.4. The second kappa shape index (κ2) is 12.3. The number of carboxylic acids is 1. The number of aromatic carboxylic acids is 1. The minimum Gasteiger partial charge on any atom is -0.496 e. The summed E-state index contributed by atoms with van der Waals surface area (Å²) >= 11 is 0. The number of methoxy groups -OCH3 is 1. The minimum absolute atomic E-state index is 0.0202. The molecule has 0 saturated carbocycles. The van der Waals surface area contributed by atoms with Crippen molar-refractivity contribution in [3.05, 3.63) is 99.4 Å². The quantitative estimate of drug-likeness (QED) is 0.262. The molecule has 1 saturated heterocycles. The molecule has 1 heterocycles. The molecule has 1 fully saturated rings. The fourth-order valence-corrected chi connectivity index (χ4v) is 6.27. The zero-order chi connectivity index (χ0) is 30.0. The van der Waals surface area contributed by atoms with Gasteiger partial charge in [0.1, 0.15) is 17.1 Å². The van der Waals surface area contributed by atoms with Gasteiger partial charge in [0.15, 0.2) is 0 Å². The van der Waals surface area contributed by atoms with Crippen LogP contribution in [-0.2, 0) is 19.0 Å². The van der Waals surface area contributed by atoms with Crippen LogP contribution in [0, 0.1) is 11.7 Å². The Morgan fingerprint density at radius 3 is 2.38 bits per heavy atom. The molecule has 3 aromatic rings. The normalized spacial score (nSPS) is 16.1. The fraction of sp³-hybridized carbons (Fsp3) is 0.364. The van der Waals surface area contributed by atoms with E-state index in [1.165, 1.54) is 19.2 Å². The Hall–Kier alpha value is -3.72. The lowest BCUT2D eigenvalue weighted by atomic mass is 9.84. The van der Waals surface area contributed by atoms with Gasteiger partial charge in [-0.15, -0.1) is 0 Å². The van der Waals surface area contributed by atoms with Crippen LogP contribution in [0.1, 0.15) is 63.0 Å². The van der Waals surface area contributed by atoms with Gasteiger partial charge >= 0.3 is 12.1 Å². The van der Waals surface area contributed by atoms with Crippen LogP contribution in [0.4, 0.5) is 22.0 Å². The van der Waals surface area contributed by atoms with Gasteiger partial charge < -0.3 is 14.7 Å². The number of hydrogen-bond acceptors (Lipinski definition) is 3. The number of ether oxygens (including phenoxy) is 1. The van der Waals surface area contributed by atoms with Crippen molar-refractivity contribution in [3.63, 3.8) is 0 Å². The summed E-state index contributed by atoms with van der Waals surface area (Å²) < 4.78 is 74.6. The Kier molecular flexibility index (Phi) is 8.68. The lowest BCUT2D eigenvalue weighted by Gasteiger charge is -2.39. The zero-order valence-electron chi connectivity index (χ0n) is 23.2. The maximum atomic E-state index is 14.2. The first-order chi connectivity index (χ1) is 20.1. The number of carboxylic acid groups (broad SMARTS) is 1. The molecule has 0 bridgehead atoms.